The van der Waals surface area contributed by atoms with Gasteiger partial charge in [-0.3, -0.25) is 9.59 Å². The average molecular weight is 376 g/mol. The van der Waals surface area contributed by atoms with E-state index in [0.717, 1.165) is 30.5 Å². The van der Waals surface area contributed by atoms with Gasteiger partial charge in [0.05, 0.1) is 29.2 Å². The van der Waals surface area contributed by atoms with Crippen molar-refractivity contribution in [2.24, 2.45) is 5.92 Å². The Labute approximate surface area is 155 Å². The first-order valence-corrected chi connectivity index (χ1v) is 10.5. The minimum Gasteiger partial charge on any atom is -0.336 e. The first-order chi connectivity index (χ1) is 12.2. The van der Waals surface area contributed by atoms with Gasteiger partial charge in [-0.2, -0.15) is 0 Å². The maximum Gasteiger partial charge on any atom is 0.254 e. The number of piperidine rings is 1. The lowest BCUT2D eigenvalue weighted by Crippen LogP contribution is -2.47. The van der Waals surface area contributed by atoms with E-state index in [1.54, 1.807) is 28.2 Å². The van der Waals surface area contributed by atoms with Crippen LogP contribution in [0.1, 0.15) is 40.7 Å². The van der Waals surface area contributed by atoms with Gasteiger partial charge in [0.25, 0.3) is 5.91 Å². The fourth-order valence-electron chi connectivity index (χ4n) is 3.77. The van der Waals surface area contributed by atoms with Crippen molar-refractivity contribution in [3.63, 3.8) is 0 Å². The zero-order chi connectivity index (χ0) is 17.4. The number of thiophene rings is 1. The first-order valence-electron chi connectivity index (χ1n) is 8.70. The highest BCUT2D eigenvalue weighted by Gasteiger charge is 2.42. The molecule has 5 rings (SSSR count). The molecule has 3 aliphatic rings. The van der Waals surface area contributed by atoms with Crippen LogP contribution < -0.4 is 0 Å². The predicted molar refractivity (Wildman–Crippen MR) is 98.8 cm³/mol. The summed E-state index contributed by atoms with van der Waals surface area (Å²) in [7, 11) is 0. The van der Waals surface area contributed by atoms with E-state index in [1.807, 2.05) is 26.6 Å². The zero-order valence-electron chi connectivity index (χ0n) is 14.2. The van der Waals surface area contributed by atoms with E-state index in [-0.39, 0.29) is 23.8 Å². The molecule has 0 N–H and O–H groups in total. The van der Waals surface area contributed by atoms with E-state index in [2.05, 4.69) is 11.9 Å². The first kappa shape index (κ1) is 16.7. The summed E-state index contributed by atoms with van der Waals surface area (Å²) in [6, 6.07) is 2.09. The Morgan fingerprint density at radius 1 is 1.32 bits per heavy atom. The Hall–Kier alpha value is -1.73. The van der Waals surface area contributed by atoms with Crippen molar-refractivity contribution in [3.8, 4) is 0 Å². The lowest BCUT2D eigenvalue weighted by atomic mass is 9.94. The Morgan fingerprint density at radius 3 is 2.92 bits per heavy atom. The molecule has 0 aliphatic carbocycles. The van der Waals surface area contributed by atoms with Crippen LogP contribution in [0.3, 0.4) is 0 Å². The maximum atomic E-state index is 12.9. The van der Waals surface area contributed by atoms with Gasteiger partial charge in [0.2, 0.25) is 5.91 Å². The number of aryl methyl sites for hydroxylation is 1. The summed E-state index contributed by atoms with van der Waals surface area (Å²) in [5.41, 5.74) is 3.50. The largest absolute Gasteiger partial charge is 0.336 e. The molecule has 5 heterocycles. The smallest absolute Gasteiger partial charge is 0.254 e. The number of hydrogen-bond donors (Lipinski definition) is 0. The Morgan fingerprint density at radius 2 is 2.20 bits per heavy atom. The molecule has 0 unspecified atom stereocenters. The Bertz CT molecular complexity index is 771. The standard InChI is InChI=1S/C18H21N3O2S2/c1-2-16-5-13(9-25-16)17(22)20-6-12-3-4-15(8-20)21(18(12)23)7-14-10-24-11-19-14/h5,9-12,15H,2-4,6-8H2,1H3/t12-,15+/m0/s1. The number of fused-ring (bicyclic) bond motifs is 4. The average Bonchev–Trinajstić information content (AvgIpc) is 3.23. The van der Waals surface area contributed by atoms with Crippen LogP contribution in [0.25, 0.3) is 0 Å². The van der Waals surface area contributed by atoms with Crippen molar-refractivity contribution in [3.05, 3.63) is 38.5 Å². The number of carbonyl (C=O) groups is 2. The van der Waals surface area contributed by atoms with Crippen molar-refractivity contribution in [2.75, 3.05) is 13.1 Å². The van der Waals surface area contributed by atoms with E-state index in [4.69, 9.17) is 0 Å². The van der Waals surface area contributed by atoms with E-state index in [1.165, 1.54) is 4.88 Å². The number of hydrogen-bond acceptors (Lipinski definition) is 5. The minimum absolute atomic E-state index is 0.0659. The van der Waals surface area contributed by atoms with Crippen molar-refractivity contribution >= 4 is 34.5 Å². The molecule has 2 amide bonds. The summed E-state index contributed by atoms with van der Waals surface area (Å²) >= 11 is 3.19. The minimum atomic E-state index is -0.0781. The Balaban J connectivity index is 1.54. The molecule has 2 aromatic heterocycles. The molecule has 3 fully saturated rings. The molecule has 25 heavy (non-hydrogen) atoms. The van der Waals surface area contributed by atoms with Crippen LogP contribution in [0.15, 0.2) is 22.3 Å². The van der Waals surface area contributed by atoms with Crippen LogP contribution in [0, 0.1) is 5.92 Å². The molecule has 5 nitrogen and oxygen atoms in total. The van der Waals surface area contributed by atoms with Crippen molar-refractivity contribution in [1.82, 2.24) is 14.8 Å². The van der Waals surface area contributed by atoms with Gasteiger partial charge >= 0.3 is 0 Å². The molecule has 2 bridgehead atoms. The molecule has 2 aromatic rings. The molecular weight excluding hydrogens is 354 g/mol. The lowest BCUT2D eigenvalue weighted by molar-refractivity contribution is -0.140. The van der Waals surface area contributed by atoms with Crippen LogP contribution in [-0.4, -0.2) is 45.7 Å². The maximum absolute atomic E-state index is 12.9. The molecule has 0 aromatic carbocycles. The van der Waals surface area contributed by atoms with Gasteiger partial charge in [0.1, 0.15) is 0 Å². The molecule has 3 saturated heterocycles. The van der Waals surface area contributed by atoms with Gasteiger partial charge in [-0.15, -0.1) is 22.7 Å². The highest BCUT2D eigenvalue weighted by Crippen LogP contribution is 2.31. The van der Waals surface area contributed by atoms with Crippen molar-refractivity contribution in [1.29, 1.82) is 0 Å². The molecule has 0 spiro atoms. The molecule has 2 atom stereocenters. The summed E-state index contributed by atoms with van der Waals surface area (Å²) in [5.74, 6) is 0.167. The zero-order valence-corrected chi connectivity index (χ0v) is 15.8. The highest BCUT2D eigenvalue weighted by atomic mass is 32.1. The number of carbonyl (C=O) groups excluding carboxylic acids is 2. The third-order valence-corrected chi connectivity index (χ3v) is 6.86. The third-order valence-electron chi connectivity index (χ3n) is 5.15. The third kappa shape index (κ3) is 3.22. The van der Waals surface area contributed by atoms with Crippen LogP contribution >= 0.6 is 22.7 Å². The fraction of sp³-hybridized carbons (Fsp3) is 0.500. The number of rotatable bonds is 4. The Kier molecular flexibility index (Phi) is 4.60. The van der Waals surface area contributed by atoms with Gasteiger partial charge in [-0.1, -0.05) is 6.92 Å². The molecular formula is C18H21N3O2S2. The monoisotopic (exact) mass is 375 g/mol. The summed E-state index contributed by atoms with van der Waals surface area (Å²) in [5, 5.41) is 3.94. The van der Waals surface area contributed by atoms with Crippen LogP contribution in [-0.2, 0) is 17.8 Å². The summed E-state index contributed by atoms with van der Waals surface area (Å²) in [6.45, 7) is 3.83. The molecule has 132 valence electrons. The predicted octanol–water partition coefficient (Wildman–Crippen LogP) is 3.03. The second kappa shape index (κ2) is 6.88. The van der Waals surface area contributed by atoms with Gasteiger partial charge in [0.15, 0.2) is 0 Å². The summed E-state index contributed by atoms with van der Waals surface area (Å²) in [6.07, 6.45) is 2.79. The van der Waals surface area contributed by atoms with Crippen LogP contribution in [0.5, 0.6) is 0 Å². The molecule has 3 aliphatic heterocycles. The number of aromatic nitrogens is 1. The second-order valence-electron chi connectivity index (χ2n) is 6.74. The SMILES string of the molecule is CCc1cc(C(=O)N2C[C@@H]3CC[C@H](C2)N(Cc2cscn2)C3=O)cs1. The van der Waals surface area contributed by atoms with Gasteiger partial charge in [-0.05, 0) is 25.3 Å². The normalized spacial score (nSPS) is 23.2. The van der Waals surface area contributed by atoms with Crippen LogP contribution in [0.4, 0.5) is 0 Å². The topological polar surface area (TPSA) is 53.5 Å². The highest BCUT2D eigenvalue weighted by molar-refractivity contribution is 7.10. The summed E-state index contributed by atoms with van der Waals surface area (Å²) in [4.78, 5) is 35.2. The van der Waals surface area contributed by atoms with E-state index in [9.17, 15) is 9.59 Å². The van der Waals surface area contributed by atoms with Gasteiger partial charge < -0.3 is 9.80 Å². The molecule has 0 radical (unpaired) electrons. The number of amides is 2. The van der Waals surface area contributed by atoms with Crippen molar-refractivity contribution < 1.29 is 9.59 Å². The van der Waals surface area contributed by atoms with Gasteiger partial charge in [0, 0.05) is 34.8 Å². The van der Waals surface area contributed by atoms with Gasteiger partial charge in [-0.25, -0.2) is 4.98 Å². The second-order valence-corrected chi connectivity index (χ2v) is 8.45. The molecule has 0 saturated carbocycles. The van der Waals surface area contributed by atoms with Crippen molar-refractivity contribution in [2.45, 2.75) is 38.8 Å². The number of thiazole rings is 1. The number of nitrogens with zero attached hydrogens (tertiary/aromatic N) is 3. The van der Waals surface area contributed by atoms with E-state index < -0.39 is 0 Å². The van der Waals surface area contributed by atoms with E-state index >= 15 is 0 Å². The van der Waals surface area contributed by atoms with Crippen LogP contribution in [0.2, 0.25) is 0 Å². The fourth-order valence-corrected chi connectivity index (χ4v) is 5.12. The quantitative estimate of drug-likeness (QED) is 0.825. The summed E-state index contributed by atoms with van der Waals surface area (Å²) < 4.78 is 0. The van der Waals surface area contributed by atoms with E-state index in [0.29, 0.717) is 19.6 Å². The lowest BCUT2D eigenvalue weighted by Gasteiger charge is -2.35. The molecule has 7 heteroatoms.